The molecule has 7 heteroatoms. The molecule has 0 radical (unpaired) electrons. The lowest BCUT2D eigenvalue weighted by molar-refractivity contribution is -0.128. The van der Waals surface area contributed by atoms with E-state index in [-0.39, 0.29) is 11.8 Å². The van der Waals surface area contributed by atoms with Crippen LogP contribution in [0.3, 0.4) is 0 Å². The Balaban J connectivity index is 1.54. The lowest BCUT2D eigenvalue weighted by Crippen LogP contribution is -2.34. The first-order chi connectivity index (χ1) is 15.2. The van der Waals surface area contributed by atoms with Crippen molar-refractivity contribution in [3.63, 3.8) is 0 Å². The highest BCUT2D eigenvalue weighted by atomic mass is 35.5. The van der Waals surface area contributed by atoms with Gasteiger partial charge in [0.15, 0.2) is 0 Å². The second-order valence-corrected chi connectivity index (χ2v) is 9.87. The SMILES string of the molecule is CC(C)(C)C(=O)NCc1ccc(Cl)c(C(=O)Nc2cccc3c2cnn3C2CCCC2)c1. The van der Waals surface area contributed by atoms with Gasteiger partial charge in [0, 0.05) is 17.3 Å². The number of carbonyl (C=O) groups excluding carboxylic acids is 2. The molecule has 0 bridgehead atoms. The fourth-order valence-corrected chi connectivity index (χ4v) is 4.32. The van der Waals surface area contributed by atoms with Gasteiger partial charge >= 0.3 is 0 Å². The predicted molar refractivity (Wildman–Crippen MR) is 128 cm³/mol. The van der Waals surface area contributed by atoms with Crippen LogP contribution < -0.4 is 10.6 Å². The second kappa shape index (κ2) is 8.94. The van der Waals surface area contributed by atoms with E-state index < -0.39 is 5.41 Å². The molecule has 1 fully saturated rings. The van der Waals surface area contributed by atoms with Crippen molar-refractivity contribution in [1.29, 1.82) is 0 Å². The quantitative estimate of drug-likeness (QED) is 0.519. The Morgan fingerprint density at radius 3 is 2.62 bits per heavy atom. The summed E-state index contributed by atoms with van der Waals surface area (Å²) in [5.74, 6) is -0.343. The Labute approximate surface area is 193 Å². The van der Waals surface area contributed by atoms with Crippen molar-refractivity contribution in [2.24, 2.45) is 5.41 Å². The van der Waals surface area contributed by atoms with Crippen molar-refractivity contribution in [2.45, 2.75) is 59.0 Å². The fraction of sp³-hybridized carbons (Fsp3) is 0.400. The zero-order chi connectivity index (χ0) is 22.9. The molecule has 2 N–H and O–H groups in total. The van der Waals surface area contributed by atoms with Gasteiger partial charge in [-0.05, 0) is 42.7 Å². The topological polar surface area (TPSA) is 76.0 Å². The minimum atomic E-state index is -0.478. The molecule has 1 aliphatic carbocycles. The summed E-state index contributed by atoms with van der Waals surface area (Å²) in [5, 5.41) is 11.8. The number of anilines is 1. The first-order valence-electron chi connectivity index (χ1n) is 11.1. The molecule has 0 spiro atoms. The zero-order valence-electron chi connectivity index (χ0n) is 18.7. The van der Waals surface area contributed by atoms with Crippen LogP contribution in [0.2, 0.25) is 5.02 Å². The Morgan fingerprint density at radius 2 is 1.91 bits per heavy atom. The van der Waals surface area contributed by atoms with Crippen LogP contribution in [0.25, 0.3) is 10.9 Å². The molecular formula is C25H29ClN4O2. The van der Waals surface area contributed by atoms with E-state index in [2.05, 4.69) is 20.4 Å². The summed E-state index contributed by atoms with van der Waals surface area (Å²) in [4.78, 5) is 25.2. The monoisotopic (exact) mass is 452 g/mol. The highest BCUT2D eigenvalue weighted by molar-refractivity contribution is 6.34. The lowest BCUT2D eigenvalue weighted by Gasteiger charge is -2.18. The van der Waals surface area contributed by atoms with Crippen LogP contribution in [0.1, 0.15) is 68.4 Å². The van der Waals surface area contributed by atoms with Gasteiger partial charge in [-0.15, -0.1) is 0 Å². The Hall–Kier alpha value is -2.86. The van der Waals surface area contributed by atoms with Gasteiger partial charge in [0.2, 0.25) is 5.91 Å². The molecule has 1 heterocycles. The van der Waals surface area contributed by atoms with Gasteiger partial charge in [0.05, 0.1) is 34.0 Å². The van der Waals surface area contributed by atoms with Crippen LogP contribution in [0.15, 0.2) is 42.6 Å². The van der Waals surface area contributed by atoms with Crippen molar-refractivity contribution in [3.05, 3.63) is 58.7 Å². The number of benzene rings is 2. The summed E-state index contributed by atoms with van der Waals surface area (Å²) in [6, 6.07) is 11.5. The highest BCUT2D eigenvalue weighted by Crippen LogP contribution is 2.33. The number of amides is 2. The molecule has 0 atom stereocenters. The van der Waals surface area contributed by atoms with E-state index in [4.69, 9.17) is 11.6 Å². The maximum Gasteiger partial charge on any atom is 0.257 e. The van der Waals surface area contributed by atoms with E-state index in [1.165, 1.54) is 12.8 Å². The third kappa shape index (κ3) is 4.65. The van der Waals surface area contributed by atoms with E-state index >= 15 is 0 Å². The van der Waals surface area contributed by atoms with Crippen LogP contribution in [-0.4, -0.2) is 21.6 Å². The maximum atomic E-state index is 13.1. The van der Waals surface area contributed by atoms with E-state index in [9.17, 15) is 9.59 Å². The third-order valence-corrected chi connectivity index (χ3v) is 6.30. The van der Waals surface area contributed by atoms with Crippen molar-refractivity contribution < 1.29 is 9.59 Å². The number of aromatic nitrogens is 2. The smallest absolute Gasteiger partial charge is 0.257 e. The van der Waals surface area contributed by atoms with Gasteiger partial charge in [-0.3, -0.25) is 14.3 Å². The van der Waals surface area contributed by atoms with Crippen molar-refractivity contribution in [1.82, 2.24) is 15.1 Å². The summed E-state index contributed by atoms with van der Waals surface area (Å²) in [5.41, 5.74) is 2.44. The van der Waals surface area contributed by atoms with Crippen molar-refractivity contribution in [2.75, 3.05) is 5.32 Å². The molecule has 2 amide bonds. The first kappa shape index (κ1) is 22.3. The predicted octanol–water partition coefficient (Wildman–Crippen LogP) is 5.72. The number of carbonyl (C=O) groups is 2. The standard InChI is InChI=1S/C25H29ClN4O2/c1-25(2,3)24(32)27-14-16-11-12-20(26)18(13-16)23(31)29-21-9-6-10-22-19(21)15-28-30(22)17-7-4-5-8-17/h6,9-13,15,17H,4-5,7-8,14H2,1-3H3,(H,27,32)(H,29,31). The van der Waals surface area contributed by atoms with Gasteiger partial charge in [-0.25, -0.2) is 0 Å². The van der Waals surface area contributed by atoms with E-state index in [0.29, 0.717) is 28.9 Å². The van der Waals surface area contributed by atoms with Gasteiger partial charge < -0.3 is 10.6 Å². The molecule has 3 aromatic rings. The summed E-state index contributed by atoms with van der Waals surface area (Å²) >= 11 is 6.34. The minimum Gasteiger partial charge on any atom is -0.352 e. The third-order valence-electron chi connectivity index (χ3n) is 5.97. The van der Waals surface area contributed by atoms with Crippen LogP contribution in [-0.2, 0) is 11.3 Å². The molecule has 168 valence electrons. The zero-order valence-corrected chi connectivity index (χ0v) is 19.5. The summed E-state index contributed by atoms with van der Waals surface area (Å²) < 4.78 is 2.09. The molecule has 6 nitrogen and oxygen atoms in total. The number of fused-ring (bicyclic) bond motifs is 1. The van der Waals surface area contributed by atoms with Gasteiger partial charge in [0.1, 0.15) is 0 Å². The van der Waals surface area contributed by atoms with E-state index in [0.717, 1.165) is 29.3 Å². The lowest BCUT2D eigenvalue weighted by atomic mass is 9.95. The molecule has 0 unspecified atom stereocenters. The van der Waals surface area contributed by atoms with Gasteiger partial charge in [-0.2, -0.15) is 5.10 Å². The molecule has 1 aromatic heterocycles. The van der Waals surface area contributed by atoms with Crippen LogP contribution >= 0.6 is 11.6 Å². The molecular weight excluding hydrogens is 424 g/mol. The molecule has 32 heavy (non-hydrogen) atoms. The van der Waals surface area contributed by atoms with Gasteiger partial charge in [0.25, 0.3) is 5.91 Å². The summed E-state index contributed by atoms with van der Waals surface area (Å²) in [7, 11) is 0. The fourth-order valence-electron chi connectivity index (χ4n) is 4.11. The summed E-state index contributed by atoms with van der Waals surface area (Å²) in [6.07, 6.45) is 6.56. The molecule has 0 aliphatic heterocycles. The largest absolute Gasteiger partial charge is 0.352 e. The maximum absolute atomic E-state index is 13.1. The normalized spacial score (nSPS) is 14.6. The number of halogens is 1. The molecule has 1 aliphatic rings. The van der Waals surface area contributed by atoms with Crippen molar-refractivity contribution >= 4 is 40.0 Å². The number of hydrogen-bond donors (Lipinski definition) is 2. The first-order valence-corrected chi connectivity index (χ1v) is 11.5. The average Bonchev–Trinajstić information content (AvgIpc) is 3.42. The molecule has 2 aromatic carbocycles. The Morgan fingerprint density at radius 1 is 1.16 bits per heavy atom. The minimum absolute atomic E-state index is 0.0515. The number of nitrogens with one attached hydrogen (secondary N) is 2. The second-order valence-electron chi connectivity index (χ2n) is 9.47. The Bertz CT molecular complexity index is 1160. The van der Waals surface area contributed by atoms with Gasteiger partial charge in [-0.1, -0.05) is 57.3 Å². The van der Waals surface area contributed by atoms with Crippen molar-refractivity contribution in [3.8, 4) is 0 Å². The Kier molecular flexibility index (Phi) is 6.24. The number of rotatable bonds is 5. The molecule has 1 saturated carbocycles. The number of nitrogens with zero attached hydrogens (tertiary/aromatic N) is 2. The average molecular weight is 453 g/mol. The van der Waals surface area contributed by atoms with Crippen LogP contribution in [0, 0.1) is 5.41 Å². The van der Waals surface area contributed by atoms with E-state index in [1.807, 2.05) is 51.2 Å². The van der Waals surface area contributed by atoms with Crippen LogP contribution in [0.5, 0.6) is 0 Å². The highest BCUT2D eigenvalue weighted by Gasteiger charge is 2.22. The molecule has 4 rings (SSSR count). The summed E-state index contributed by atoms with van der Waals surface area (Å²) in [6.45, 7) is 5.91. The van der Waals surface area contributed by atoms with Crippen LogP contribution in [0.4, 0.5) is 5.69 Å². The number of hydrogen-bond acceptors (Lipinski definition) is 3. The molecule has 0 saturated heterocycles. The van der Waals surface area contributed by atoms with E-state index in [1.54, 1.807) is 12.1 Å².